The van der Waals surface area contributed by atoms with Gasteiger partial charge >= 0.3 is 0 Å². The van der Waals surface area contributed by atoms with Crippen molar-refractivity contribution in [3.63, 3.8) is 0 Å². The zero-order chi connectivity index (χ0) is 9.90. The molecule has 0 aromatic heterocycles. The molecule has 0 aromatic carbocycles. The maximum Gasteiger partial charge on any atom is 0.116 e. The number of alkyl halides is 1. The van der Waals surface area contributed by atoms with Gasteiger partial charge in [0.15, 0.2) is 0 Å². The van der Waals surface area contributed by atoms with E-state index in [0.29, 0.717) is 18.8 Å². The largest absolute Gasteiger partial charge is 0.316 e. The number of rotatable bonds is 3. The van der Waals surface area contributed by atoms with Crippen molar-refractivity contribution in [1.29, 1.82) is 0 Å². The average molecular weight is 187 g/mol. The number of hydrogen-bond donors (Lipinski definition) is 1. The molecule has 13 heavy (non-hydrogen) atoms. The Hall–Kier alpha value is -0.110. The Morgan fingerprint density at radius 1 is 1.23 bits per heavy atom. The van der Waals surface area contributed by atoms with Gasteiger partial charge in [-0.1, -0.05) is 20.8 Å². The predicted octanol–water partition coefficient (Wildman–Crippen LogP) is 2.76. The Morgan fingerprint density at radius 2 is 1.77 bits per heavy atom. The van der Waals surface area contributed by atoms with Gasteiger partial charge in [-0.2, -0.15) is 0 Å². The maximum absolute atomic E-state index is 14.3. The fraction of sp³-hybridized carbons (Fsp3) is 1.00. The smallest absolute Gasteiger partial charge is 0.116 e. The highest BCUT2D eigenvalue weighted by atomic mass is 19.1. The Balaban J connectivity index is 2.46. The second kappa shape index (κ2) is 4.41. The Labute approximate surface area is 81.1 Å². The van der Waals surface area contributed by atoms with Crippen LogP contribution in [0, 0.1) is 11.8 Å². The van der Waals surface area contributed by atoms with Gasteiger partial charge in [0.1, 0.15) is 5.67 Å². The molecule has 2 heteroatoms. The number of halogens is 1. The summed E-state index contributed by atoms with van der Waals surface area (Å²) in [5.74, 6) is 0.826. The van der Waals surface area contributed by atoms with Crippen LogP contribution in [0.4, 0.5) is 4.39 Å². The van der Waals surface area contributed by atoms with E-state index in [1.165, 1.54) is 0 Å². The highest BCUT2D eigenvalue weighted by Gasteiger charge is 2.37. The molecule has 1 aliphatic heterocycles. The van der Waals surface area contributed by atoms with Gasteiger partial charge in [0.2, 0.25) is 0 Å². The van der Waals surface area contributed by atoms with Crippen LogP contribution in [0.2, 0.25) is 0 Å². The van der Waals surface area contributed by atoms with Gasteiger partial charge in [-0.05, 0) is 44.2 Å². The third-order valence-electron chi connectivity index (χ3n) is 3.14. The molecule has 1 aliphatic rings. The van der Waals surface area contributed by atoms with Crippen molar-refractivity contribution in [3.05, 3.63) is 0 Å². The highest BCUT2D eigenvalue weighted by Crippen LogP contribution is 2.35. The molecule has 0 saturated carbocycles. The van der Waals surface area contributed by atoms with Crippen LogP contribution in [0.1, 0.15) is 40.0 Å². The van der Waals surface area contributed by atoms with Crippen molar-refractivity contribution < 1.29 is 4.39 Å². The molecular formula is C11H22FN. The summed E-state index contributed by atoms with van der Waals surface area (Å²) >= 11 is 0. The van der Waals surface area contributed by atoms with Gasteiger partial charge in [-0.3, -0.25) is 0 Å². The Kier molecular flexibility index (Phi) is 3.72. The van der Waals surface area contributed by atoms with Crippen LogP contribution in [0.3, 0.4) is 0 Å². The standard InChI is InChI=1S/C11H22FN/c1-9(2)8-10(3)11(12)4-6-13-7-5-11/h9-10,13H,4-8H2,1-3H3. The van der Waals surface area contributed by atoms with Crippen molar-refractivity contribution in [2.75, 3.05) is 13.1 Å². The average Bonchev–Trinajstić information content (AvgIpc) is 2.04. The van der Waals surface area contributed by atoms with Crippen LogP contribution in [-0.2, 0) is 0 Å². The van der Waals surface area contributed by atoms with Crippen LogP contribution in [0.25, 0.3) is 0 Å². The summed E-state index contributed by atoms with van der Waals surface area (Å²) in [5, 5.41) is 3.21. The molecule has 1 unspecified atom stereocenters. The molecule has 1 heterocycles. The van der Waals surface area contributed by atoms with Crippen LogP contribution in [0.15, 0.2) is 0 Å². The zero-order valence-electron chi connectivity index (χ0n) is 9.07. The van der Waals surface area contributed by atoms with E-state index in [-0.39, 0.29) is 5.92 Å². The van der Waals surface area contributed by atoms with Gasteiger partial charge in [-0.25, -0.2) is 4.39 Å². The molecule has 1 fully saturated rings. The molecular weight excluding hydrogens is 165 g/mol. The van der Waals surface area contributed by atoms with Crippen LogP contribution < -0.4 is 5.32 Å². The van der Waals surface area contributed by atoms with Crippen LogP contribution in [-0.4, -0.2) is 18.8 Å². The molecule has 78 valence electrons. The maximum atomic E-state index is 14.3. The van der Waals surface area contributed by atoms with Crippen molar-refractivity contribution in [1.82, 2.24) is 5.32 Å². The summed E-state index contributed by atoms with van der Waals surface area (Å²) in [4.78, 5) is 0. The van der Waals surface area contributed by atoms with Crippen molar-refractivity contribution in [2.45, 2.75) is 45.7 Å². The van der Waals surface area contributed by atoms with Crippen LogP contribution >= 0.6 is 0 Å². The first-order valence-corrected chi connectivity index (χ1v) is 5.44. The van der Waals surface area contributed by atoms with E-state index in [9.17, 15) is 4.39 Å². The first kappa shape index (κ1) is 11.0. The van der Waals surface area contributed by atoms with Gasteiger partial charge in [0.25, 0.3) is 0 Å². The molecule has 0 aromatic rings. The highest BCUT2D eigenvalue weighted by molar-refractivity contribution is 4.89. The molecule has 0 bridgehead atoms. The van der Waals surface area contributed by atoms with E-state index >= 15 is 0 Å². The fourth-order valence-electron chi connectivity index (χ4n) is 2.25. The normalized spacial score (nSPS) is 24.7. The van der Waals surface area contributed by atoms with E-state index < -0.39 is 5.67 Å². The molecule has 1 rings (SSSR count). The predicted molar refractivity (Wildman–Crippen MR) is 54.6 cm³/mol. The minimum Gasteiger partial charge on any atom is -0.316 e. The molecule has 0 spiro atoms. The topological polar surface area (TPSA) is 12.0 Å². The summed E-state index contributed by atoms with van der Waals surface area (Å²) < 4.78 is 14.3. The van der Waals surface area contributed by atoms with E-state index in [0.717, 1.165) is 19.5 Å². The minimum atomic E-state index is -0.893. The summed E-state index contributed by atoms with van der Waals surface area (Å²) in [6, 6.07) is 0. The number of piperidine rings is 1. The second-order valence-electron chi connectivity index (χ2n) is 4.82. The molecule has 1 saturated heterocycles. The first-order chi connectivity index (χ1) is 6.04. The Morgan fingerprint density at radius 3 is 2.23 bits per heavy atom. The lowest BCUT2D eigenvalue weighted by molar-refractivity contribution is 0.0436. The van der Waals surface area contributed by atoms with Gasteiger partial charge in [0.05, 0.1) is 0 Å². The van der Waals surface area contributed by atoms with Gasteiger partial charge < -0.3 is 5.32 Å². The number of hydrogen-bond acceptors (Lipinski definition) is 1. The van der Waals surface area contributed by atoms with Gasteiger partial charge in [-0.15, -0.1) is 0 Å². The van der Waals surface area contributed by atoms with Crippen molar-refractivity contribution >= 4 is 0 Å². The lowest BCUT2D eigenvalue weighted by atomic mass is 9.79. The molecule has 1 N–H and O–H groups in total. The van der Waals surface area contributed by atoms with E-state index in [1.54, 1.807) is 0 Å². The Bertz CT molecular complexity index is 150. The second-order valence-corrected chi connectivity index (χ2v) is 4.82. The summed E-state index contributed by atoms with van der Waals surface area (Å²) in [6.45, 7) is 8.09. The summed E-state index contributed by atoms with van der Waals surface area (Å²) in [5.41, 5.74) is -0.893. The van der Waals surface area contributed by atoms with Crippen LogP contribution in [0.5, 0.6) is 0 Å². The van der Waals surface area contributed by atoms with Crippen molar-refractivity contribution in [3.8, 4) is 0 Å². The monoisotopic (exact) mass is 187 g/mol. The molecule has 0 amide bonds. The van der Waals surface area contributed by atoms with E-state index in [1.807, 2.05) is 0 Å². The molecule has 1 nitrogen and oxygen atoms in total. The third kappa shape index (κ3) is 2.94. The SMILES string of the molecule is CC(C)CC(C)C1(F)CCNCC1. The van der Waals surface area contributed by atoms with E-state index in [4.69, 9.17) is 0 Å². The minimum absolute atomic E-state index is 0.217. The lowest BCUT2D eigenvalue weighted by Gasteiger charge is -2.36. The summed E-state index contributed by atoms with van der Waals surface area (Å²) in [7, 11) is 0. The zero-order valence-corrected chi connectivity index (χ0v) is 9.07. The molecule has 0 radical (unpaired) electrons. The van der Waals surface area contributed by atoms with Crippen molar-refractivity contribution in [2.24, 2.45) is 11.8 Å². The van der Waals surface area contributed by atoms with E-state index in [2.05, 4.69) is 26.1 Å². The van der Waals surface area contributed by atoms with Gasteiger partial charge in [0, 0.05) is 0 Å². The molecule has 1 atom stereocenters. The number of nitrogens with one attached hydrogen (secondary N) is 1. The quantitative estimate of drug-likeness (QED) is 0.716. The lowest BCUT2D eigenvalue weighted by Crippen LogP contribution is -2.43. The molecule has 0 aliphatic carbocycles. The third-order valence-corrected chi connectivity index (χ3v) is 3.14. The fourth-order valence-corrected chi connectivity index (χ4v) is 2.25. The summed E-state index contributed by atoms with van der Waals surface area (Å²) in [6.07, 6.45) is 2.40. The first-order valence-electron chi connectivity index (χ1n) is 5.44.